The van der Waals surface area contributed by atoms with E-state index in [1.54, 1.807) is 6.07 Å². The molecule has 27 heavy (non-hydrogen) atoms. The van der Waals surface area contributed by atoms with E-state index in [1.807, 2.05) is 36.4 Å². The van der Waals surface area contributed by atoms with Gasteiger partial charge in [0.15, 0.2) is 12.9 Å². The molecule has 0 saturated carbocycles. The molecule has 0 radical (unpaired) electrons. The molecule has 2 aromatic carbocycles. The molecule has 0 amide bonds. The van der Waals surface area contributed by atoms with Gasteiger partial charge in [-0.25, -0.2) is 6.57 Å². The fraction of sp³-hybridized carbons (Fsp3) is 0.250. The molecule has 0 unspecified atom stereocenters. The molecule has 0 atom stereocenters. The Morgan fingerprint density at radius 3 is 2.67 bits per heavy atom. The summed E-state index contributed by atoms with van der Waals surface area (Å²) in [6.07, 6.45) is 3.25. The second-order valence-corrected chi connectivity index (χ2v) is 7.33. The Morgan fingerprint density at radius 1 is 1.19 bits per heavy atom. The lowest BCUT2D eigenvalue weighted by molar-refractivity contribution is -0.0457. The van der Waals surface area contributed by atoms with Crippen LogP contribution in [0.15, 0.2) is 34.8 Å². The zero-order valence-electron chi connectivity index (χ0n) is 14.3. The second kappa shape index (κ2) is 9.59. The lowest BCUT2D eigenvalue weighted by Crippen LogP contribution is -2.06. The van der Waals surface area contributed by atoms with Gasteiger partial charge < -0.3 is 19.1 Å². The maximum atomic E-state index is 6.91. The summed E-state index contributed by atoms with van der Waals surface area (Å²) in [5, 5.41) is 1.17. The molecule has 1 heterocycles. The van der Waals surface area contributed by atoms with Gasteiger partial charge in [-0.2, -0.15) is 0 Å². The fourth-order valence-corrected chi connectivity index (χ4v) is 3.39. The van der Waals surface area contributed by atoms with Crippen LogP contribution in [-0.2, 0) is 9.47 Å². The lowest BCUT2D eigenvalue weighted by atomic mass is 10.1. The van der Waals surface area contributed by atoms with Crippen LogP contribution in [0.25, 0.3) is 17.0 Å². The Hall–Kier alpha value is -1.55. The van der Waals surface area contributed by atoms with Crippen LogP contribution in [-0.4, -0.2) is 26.4 Å². The highest BCUT2D eigenvalue weighted by atomic mass is 79.9. The molecule has 0 aromatic heterocycles. The molecule has 0 spiro atoms. The van der Waals surface area contributed by atoms with Crippen LogP contribution in [0.2, 0.25) is 10.0 Å². The summed E-state index contributed by atoms with van der Waals surface area (Å²) in [7, 11) is 0. The Bertz CT molecular complexity index is 890. The molecule has 2 aromatic rings. The van der Waals surface area contributed by atoms with Gasteiger partial charge in [0.25, 0.3) is 0 Å². The number of ether oxygens (including phenoxy) is 3. The van der Waals surface area contributed by atoms with Gasteiger partial charge in [-0.3, -0.25) is 0 Å². The maximum Gasteiger partial charge on any atom is 0.248 e. The smallest absolute Gasteiger partial charge is 0.248 e. The standard InChI is InChI=1S/C20H16BrCl2NO3/c1-24-7-8-25-18-11-14(6-5-13-3-2-4-16(21)19(13)23)17(22)12-15(18)20-26-9-10-27-20/h2-6,11-12,20H,7-10H2/b6-5+. The first-order valence-corrected chi connectivity index (χ1v) is 9.80. The van der Waals surface area contributed by atoms with E-state index in [1.165, 1.54) is 0 Å². The molecule has 0 bridgehead atoms. The highest BCUT2D eigenvalue weighted by molar-refractivity contribution is 9.10. The first-order valence-electron chi connectivity index (χ1n) is 8.25. The third-order valence-electron chi connectivity index (χ3n) is 3.89. The minimum Gasteiger partial charge on any atom is -0.485 e. The van der Waals surface area contributed by atoms with Gasteiger partial charge in [0, 0.05) is 9.50 Å². The van der Waals surface area contributed by atoms with E-state index in [0.717, 1.165) is 21.2 Å². The molecule has 1 fully saturated rings. The van der Waals surface area contributed by atoms with Gasteiger partial charge in [0.05, 0.1) is 23.8 Å². The summed E-state index contributed by atoms with van der Waals surface area (Å²) in [6.45, 7) is 8.51. The summed E-state index contributed by atoms with van der Waals surface area (Å²) in [4.78, 5) is 3.32. The molecule has 7 heteroatoms. The van der Waals surface area contributed by atoms with Gasteiger partial charge in [0.2, 0.25) is 6.54 Å². The van der Waals surface area contributed by atoms with E-state index in [9.17, 15) is 0 Å². The van der Waals surface area contributed by atoms with Crippen LogP contribution in [0.5, 0.6) is 5.75 Å². The lowest BCUT2D eigenvalue weighted by Gasteiger charge is -2.16. The third kappa shape index (κ3) is 5.04. The number of hydrogen-bond acceptors (Lipinski definition) is 3. The van der Waals surface area contributed by atoms with Crippen molar-refractivity contribution in [1.29, 1.82) is 0 Å². The summed E-state index contributed by atoms with van der Waals surface area (Å²) >= 11 is 16.2. The predicted molar refractivity (Wildman–Crippen MR) is 111 cm³/mol. The zero-order chi connectivity index (χ0) is 19.2. The fourth-order valence-electron chi connectivity index (χ4n) is 2.59. The molecule has 1 aliphatic heterocycles. The van der Waals surface area contributed by atoms with Crippen molar-refractivity contribution < 1.29 is 14.2 Å². The molecule has 4 nitrogen and oxygen atoms in total. The van der Waals surface area contributed by atoms with Gasteiger partial charge in [-0.05, 0) is 45.3 Å². The molecule has 0 N–H and O–H groups in total. The number of halogens is 3. The van der Waals surface area contributed by atoms with Crippen LogP contribution < -0.4 is 4.74 Å². The Labute approximate surface area is 176 Å². The zero-order valence-corrected chi connectivity index (χ0v) is 17.4. The number of nitrogens with zero attached hydrogens (tertiary/aromatic N) is 1. The van der Waals surface area contributed by atoms with Gasteiger partial charge in [0.1, 0.15) is 5.75 Å². The van der Waals surface area contributed by atoms with E-state index in [-0.39, 0.29) is 13.2 Å². The van der Waals surface area contributed by atoms with Crippen LogP contribution in [0.1, 0.15) is 23.0 Å². The Balaban J connectivity index is 1.92. The monoisotopic (exact) mass is 467 g/mol. The SMILES string of the molecule is [C-]#[N+]CCOc1cc(/C=C/c2cccc(Br)c2Cl)c(Cl)cc1C1OCCO1. The van der Waals surface area contributed by atoms with Gasteiger partial charge >= 0.3 is 0 Å². The number of rotatable bonds is 6. The third-order valence-corrected chi connectivity index (χ3v) is 5.53. The normalized spacial score (nSPS) is 14.6. The molecule has 3 rings (SSSR count). The average Bonchev–Trinajstić information content (AvgIpc) is 3.19. The quantitative estimate of drug-likeness (QED) is 0.284. The van der Waals surface area contributed by atoms with Crippen LogP contribution in [0.4, 0.5) is 0 Å². The van der Waals surface area contributed by atoms with Crippen LogP contribution >= 0.6 is 39.1 Å². The van der Waals surface area contributed by atoms with Crippen molar-refractivity contribution >= 4 is 51.3 Å². The van der Waals surface area contributed by atoms with E-state index >= 15 is 0 Å². The first-order chi connectivity index (χ1) is 13.1. The molecule has 1 aliphatic rings. The summed E-state index contributed by atoms with van der Waals surface area (Å²) in [5.41, 5.74) is 2.36. The summed E-state index contributed by atoms with van der Waals surface area (Å²) in [5.74, 6) is 0.593. The van der Waals surface area contributed by atoms with E-state index in [2.05, 4.69) is 20.8 Å². The van der Waals surface area contributed by atoms with Crippen molar-refractivity contribution in [2.45, 2.75) is 6.29 Å². The van der Waals surface area contributed by atoms with Gasteiger partial charge in [-0.15, -0.1) is 0 Å². The van der Waals surface area contributed by atoms with E-state index in [0.29, 0.717) is 29.0 Å². The van der Waals surface area contributed by atoms with Gasteiger partial charge in [-0.1, -0.05) is 47.5 Å². The van der Waals surface area contributed by atoms with Crippen LogP contribution in [0.3, 0.4) is 0 Å². The molecular formula is C20H16BrCl2NO3. The summed E-state index contributed by atoms with van der Waals surface area (Å²) in [6, 6.07) is 9.32. The minimum atomic E-state index is -0.511. The number of benzene rings is 2. The first kappa shape index (κ1) is 20.2. The maximum absolute atomic E-state index is 6.91. The second-order valence-electron chi connectivity index (χ2n) is 5.69. The van der Waals surface area contributed by atoms with Crippen molar-refractivity contribution in [3.05, 3.63) is 73.0 Å². The molecule has 0 aliphatic carbocycles. The van der Waals surface area contributed by atoms with Crippen molar-refractivity contribution in [1.82, 2.24) is 0 Å². The van der Waals surface area contributed by atoms with Crippen LogP contribution in [0, 0.1) is 6.57 Å². The Morgan fingerprint density at radius 2 is 1.93 bits per heavy atom. The highest BCUT2D eigenvalue weighted by Crippen LogP contribution is 2.36. The highest BCUT2D eigenvalue weighted by Gasteiger charge is 2.24. The Kier molecular flexibility index (Phi) is 7.17. The topological polar surface area (TPSA) is 32.0 Å². The van der Waals surface area contributed by atoms with E-state index < -0.39 is 6.29 Å². The van der Waals surface area contributed by atoms with E-state index in [4.69, 9.17) is 44.0 Å². The molecule has 1 saturated heterocycles. The van der Waals surface area contributed by atoms with Crippen molar-refractivity contribution in [2.24, 2.45) is 0 Å². The van der Waals surface area contributed by atoms with Crippen molar-refractivity contribution in [3.8, 4) is 5.75 Å². The molecular weight excluding hydrogens is 453 g/mol. The van der Waals surface area contributed by atoms with Crippen molar-refractivity contribution in [2.75, 3.05) is 26.4 Å². The van der Waals surface area contributed by atoms with Crippen molar-refractivity contribution in [3.63, 3.8) is 0 Å². The largest absolute Gasteiger partial charge is 0.485 e. The molecule has 140 valence electrons. The summed E-state index contributed by atoms with van der Waals surface area (Å²) < 4.78 is 17.8. The number of hydrogen-bond donors (Lipinski definition) is 0. The average molecular weight is 469 g/mol. The minimum absolute atomic E-state index is 0.271. The predicted octanol–water partition coefficient (Wildman–Crippen LogP) is 6.27.